The van der Waals surface area contributed by atoms with Crippen molar-refractivity contribution in [3.8, 4) is 0 Å². The first-order valence-corrected chi connectivity index (χ1v) is 10.4. The average molecular weight is 424 g/mol. The highest BCUT2D eigenvalue weighted by Crippen LogP contribution is 2.31. The van der Waals surface area contributed by atoms with Gasteiger partial charge in [0.25, 0.3) is 0 Å². The van der Waals surface area contributed by atoms with Crippen LogP contribution >= 0.6 is 11.6 Å². The summed E-state index contributed by atoms with van der Waals surface area (Å²) in [5.41, 5.74) is 1.56. The minimum atomic E-state index is -4.28. The molecule has 2 heterocycles. The number of piperazine rings is 1. The Morgan fingerprint density at radius 3 is 2.14 bits per heavy atom. The molecule has 29 heavy (non-hydrogen) atoms. The number of anilines is 1. The minimum absolute atomic E-state index is 0.468. The third kappa shape index (κ3) is 5.05. The van der Waals surface area contributed by atoms with Crippen molar-refractivity contribution in [2.24, 2.45) is 0 Å². The zero-order valence-electron chi connectivity index (χ0n) is 16.2. The van der Waals surface area contributed by atoms with Crippen molar-refractivity contribution < 1.29 is 13.2 Å². The van der Waals surface area contributed by atoms with Crippen LogP contribution in [0, 0.1) is 0 Å². The Bertz CT molecular complexity index is 800. The van der Waals surface area contributed by atoms with E-state index in [0.29, 0.717) is 6.04 Å². The molecule has 0 bridgehead atoms. The molecule has 0 amide bonds. The van der Waals surface area contributed by atoms with Crippen molar-refractivity contribution in [3.63, 3.8) is 0 Å². The van der Waals surface area contributed by atoms with Crippen molar-refractivity contribution in [2.75, 3.05) is 44.2 Å². The lowest BCUT2D eigenvalue weighted by Crippen LogP contribution is -2.50. The van der Waals surface area contributed by atoms with Crippen molar-refractivity contribution >= 4 is 17.3 Å². The summed E-state index contributed by atoms with van der Waals surface area (Å²) >= 11 is 5.96. The summed E-state index contributed by atoms with van der Waals surface area (Å²) in [5.74, 6) is 0. The zero-order valence-corrected chi connectivity index (χ0v) is 17.0. The van der Waals surface area contributed by atoms with Gasteiger partial charge in [0.15, 0.2) is 0 Å². The number of benzene rings is 2. The number of hydrogen-bond donors (Lipinski definition) is 0. The molecule has 2 aromatic rings. The largest absolute Gasteiger partial charge is 0.416 e. The molecule has 0 radical (unpaired) electrons. The van der Waals surface area contributed by atoms with Gasteiger partial charge < -0.3 is 4.90 Å². The highest BCUT2D eigenvalue weighted by Gasteiger charge is 2.32. The molecule has 156 valence electrons. The number of halogens is 4. The number of nitrogens with zero attached hydrogens (tertiary/aromatic N) is 3. The average Bonchev–Trinajstić information content (AvgIpc) is 3.20. The fraction of sp³-hybridized carbons (Fsp3) is 0.455. The van der Waals surface area contributed by atoms with Crippen LogP contribution in [-0.2, 0) is 12.7 Å². The van der Waals surface area contributed by atoms with Gasteiger partial charge in [-0.15, -0.1) is 0 Å². The molecule has 3 nitrogen and oxygen atoms in total. The van der Waals surface area contributed by atoms with Crippen LogP contribution in [0.5, 0.6) is 0 Å². The Morgan fingerprint density at radius 1 is 0.862 bits per heavy atom. The molecule has 1 atom stereocenters. The maximum absolute atomic E-state index is 12.8. The molecule has 0 N–H and O–H groups in total. The first kappa shape index (κ1) is 20.5. The molecule has 2 saturated heterocycles. The maximum atomic E-state index is 12.8. The predicted octanol–water partition coefficient (Wildman–Crippen LogP) is 4.76. The summed E-state index contributed by atoms with van der Waals surface area (Å²) in [6.45, 7) is 6.81. The van der Waals surface area contributed by atoms with Gasteiger partial charge in [0, 0.05) is 62.6 Å². The molecule has 2 aliphatic heterocycles. The van der Waals surface area contributed by atoms with Gasteiger partial charge in [-0.2, -0.15) is 13.2 Å². The molecule has 0 aromatic heterocycles. The van der Waals surface area contributed by atoms with E-state index >= 15 is 0 Å². The van der Waals surface area contributed by atoms with Gasteiger partial charge in [-0.1, -0.05) is 23.7 Å². The Kier molecular flexibility index (Phi) is 6.04. The smallest absolute Gasteiger partial charge is 0.370 e. The highest BCUT2D eigenvalue weighted by molar-refractivity contribution is 6.30. The summed E-state index contributed by atoms with van der Waals surface area (Å²) in [6, 6.07) is 14.0. The van der Waals surface area contributed by atoms with E-state index in [-0.39, 0.29) is 0 Å². The van der Waals surface area contributed by atoms with Gasteiger partial charge >= 0.3 is 6.18 Å². The summed E-state index contributed by atoms with van der Waals surface area (Å²) in [6.07, 6.45) is -3.23. The van der Waals surface area contributed by atoms with Gasteiger partial charge in [0.05, 0.1) is 5.56 Å². The highest BCUT2D eigenvalue weighted by atomic mass is 35.5. The van der Waals surface area contributed by atoms with Crippen LogP contribution in [0.1, 0.15) is 17.5 Å². The predicted molar refractivity (Wildman–Crippen MR) is 110 cm³/mol. The molecule has 2 aliphatic rings. The van der Waals surface area contributed by atoms with Crippen molar-refractivity contribution in [3.05, 3.63) is 64.7 Å². The lowest BCUT2D eigenvalue weighted by Gasteiger charge is -2.38. The second kappa shape index (κ2) is 8.54. The number of rotatable bonds is 4. The van der Waals surface area contributed by atoms with E-state index in [1.165, 1.54) is 17.7 Å². The first-order valence-electron chi connectivity index (χ1n) is 10.0. The Labute approximate surface area is 174 Å². The van der Waals surface area contributed by atoms with Gasteiger partial charge in [-0.3, -0.25) is 9.80 Å². The van der Waals surface area contributed by atoms with Gasteiger partial charge in [-0.25, -0.2) is 0 Å². The molecule has 2 fully saturated rings. The molecule has 0 aliphatic carbocycles. The monoisotopic (exact) mass is 423 g/mol. The van der Waals surface area contributed by atoms with Crippen LogP contribution in [0.2, 0.25) is 5.02 Å². The van der Waals surface area contributed by atoms with E-state index in [4.69, 9.17) is 11.6 Å². The van der Waals surface area contributed by atoms with Gasteiger partial charge in [-0.05, 0) is 48.4 Å². The van der Waals surface area contributed by atoms with Crippen molar-refractivity contribution in [1.29, 1.82) is 0 Å². The minimum Gasteiger partial charge on any atom is -0.370 e. The molecular formula is C22H25ClF3N3. The summed E-state index contributed by atoms with van der Waals surface area (Å²) in [5, 5.41) is 0.761. The summed E-state index contributed by atoms with van der Waals surface area (Å²) in [7, 11) is 0. The summed E-state index contributed by atoms with van der Waals surface area (Å²) < 4.78 is 38.3. The molecule has 0 unspecified atom stereocenters. The zero-order chi connectivity index (χ0) is 20.4. The van der Waals surface area contributed by atoms with Crippen LogP contribution in [0.4, 0.5) is 18.9 Å². The van der Waals surface area contributed by atoms with Crippen LogP contribution in [0.25, 0.3) is 0 Å². The third-order valence-corrected chi connectivity index (χ3v) is 6.22. The standard InChI is InChI=1S/C22H25ClF3N3/c23-19-5-1-17(2-6-19)15-27-11-13-28(14-12-27)21-9-10-29(16-21)20-7-3-18(4-8-20)22(24,25)26/h1-8,21H,9-16H2/t21-/m0/s1. The Balaban J connectivity index is 1.27. The lowest BCUT2D eigenvalue weighted by molar-refractivity contribution is -0.137. The van der Waals surface area contributed by atoms with E-state index in [2.05, 4.69) is 26.8 Å². The second-order valence-electron chi connectivity index (χ2n) is 7.87. The van der Waals surface area contributed by atoms with E-state index < -0.39 is 11.7 Å². The maximum Gasteiger partial charge on any atom is 0.416 e. The van der Waals surface area contributed by atoms with E-state index in [0.717, 1.165) is 62.9 Å². The molecule has 0 saturated carbocycles. The fourth-order valence-corrected chi connectivity index (χ4v) is 4.40. The van der Waals surface area contributed by atoms with Gasteiger partial charge in [0.2, 0.25) is 0 Å². The normalized spacial score (nSPS) is 21.7. The van der Waals surface area contributed by atoms with Gasteiger partial charge in [0.1, 0.15) is 0 Å². The summed E-state index contributed by atoms with van der Waals surface area (Å²) in [4.78, 5) is 7.19. The Hall–Kier alpha value is -1.76. The van der Waals surface area contributed by atoms with E-state index in [1.807, 2.05) is 12.1 Å². The quantitative estimate of drug-likeness (QED) is 0.702. The van der Waals surface area contributed by atoms with E-state index in [9.17, 15) is 13.2 Å². The first-order chi connectivity index (χ1) is 13.9. The van der Waals surface area contributed by atoms with E-state index in [1.54, 1.807) is 12.1 Å². The lowest BCUT2D eigenvalue weighted by atomic mass is 10.1. The van der Waals surface area contributed by atoms with Crippen molar-refractivity contribution in [1.82, 2.24) is 9.80 Å². The van der Waals surface area contributed by atoms with Crippen LogP contribution in [-0.4, -0.2) is 55.1 Å². The molecule has 0 spiro atoms. The molecular weight excluding hydrogens is 399 g/mol. The third-order valence-electron chi connectivity index (χ3n) is 5.97. The number of hydrogen-bond acceptors (Lipinski definition) is 3. The van der Waals surface area contributed by atoms with Crippen LogP contribution in [0.3, 0.4) is 0 Å². The topological polar surface area (TPSA) is 9.72 Å². The SMILES string of the molecule is FC(F)(F)c1ccc(N2CC[C@H](N3CCN(Cc4ccc(Cl)cc4)CC3)C2)cc1. The second-order valence-corrected chi connectivity index (χ2v) is 8.31. The van der Waals surface area contributed by atoms with Crippen LogP contribution in [0.15, 0.2) is 48.5 Å². The molecule has 2 aromatic carbocycles. The van der Waals surface area contributed by atoms with Crippen molar-refractivity contribution in [2.45, 2.75) is 25.2 Å². The Morgan fingerprint density at radius 2 is 1.52 bits per heavy atom. The molecule has 7 heteroatoms. The fourth-order valence-electron chi connectivity index (χ4n) is 4.27. The van der Waals surface area contributed by atoms with Crippen LogP contribution < -0.4 is 4.90 Å². The number of alkyl halides is 3. The molecule has 4 rings (SSSR count).